The maximum Gasteiger partial charge on any atom is 0.490 e. The van der Waals surface area contributed by atoms with E-state index in [2.05, 4.69) is 24.5 Å². The Balaban J connectivity index is 0.000000559. The summed E-state index contributed by atoms with van der Waals surface area (Å²) in [6.45, 7) is 2.15. The zero-order valence-corrected chi connectivity index (χ0v) is 22.6. The number of carboxylic acids is 1. The number of alkyl halides is 4. The van der Waals surface area contributed by atoms with Crippen molar-refractivity contribution in [1.29, 1.82) is 0 Å². The summed E-state index contributed by atoms with van der Waals surface area (Å²) < 4.78 is 83.2. The molecule has 0 fully saturated rings. The Kier molecular flexibility index (Phi) is 8.55. The van der Waals surface area contributed by atoms with E-state index in [-0.39, 0.29) is 28.7 Å². The van der Waals surface area contributed by atoms with Gasteiger partial charge < -0.3 is 15.4 Å². The summed E-state index contributed by atoms with van der Waals surface area (Å²) in [5.74, 6) is -3.28. The molecule has 1 aromatic carbocycles. The van der Waals surface area contributed by atoms with Gasteiger partial charge in [0.2, 0.25) is 0 Å². The first-order chi connectivity index (χ1) is 18.5. The molecule has 17 heteroatoms. The third kappa shape index (κ3) is 5.91. The number of amidine groups is 1. The van der Waals surface area contributed by atoms with Crippen LogP contribution in [-0.4, -0.2) is 66.6 Å². The third-order valence-corrected chi connectivity index (χ3v) is 9.51. The van der Waals surface area contributed by atoms with Gasteiger partial charge in [-0.25, -0.2) is 32.1 Å². The second-order valence-corrected chi connectivity index (χ2v) is 12.3. The van der Waals surface area contributed by atoms with Crippen molar-refractivity contribution < 1.29 is 40.6 Å². The fraction of sp³-hybridized carbons (Fsp3) is 0.348. The number of aliphatic imine (C=N–C) groups is 1. The number of halogens is 6. The van der Waals surface area contributed by atoms with Gasteiger partial charge in [0.15, 0.2) is 17.3 Å². The first-order valence-corrected chi connectivity index (χ1v) is 13.2. The number of carboxylic acid groups (broad SMARTS) is 1. The summed E-state index contributed by atoms with van der Waals surface area (Å²) in [6.07, 6.45) is -2.25. The summed E-state index contributed by atoms with van der Waals surface area (Å²) in [4.78, 5) is 21.4. The van der Waals surface area contributed by atoms with E-state index >= 15 is 4.39 Å². The molecule has 0 saturated heterocycles. The quantitative estimate of drug-likeness (QED) is 0.406. The highest BCUT2D eigenvalue weighted by Crippen LogP contribution is 2.41. The molecule has 0 aliphatic carbocycles. The third-order valence-electron chi connectivity index (χ3n) is 6.05. The van der Waals surface area contributed by atoms with Crippen LogP contribution in [0.25, 0.3) is 22.8 Å². The van der Waals surface area contributed by atoms with Gasteiger partial charge in [0.05, 0.1) is 20.5 Å². The lowest BCUT2D eigenvalue weighted by molar-refractivity contribution is -0.192. The van der Waals surface area contributed by atoms with Crippen LogP contribution in [0.3, 0.4) is 0 Å². The van der Waals surface area contributed by atoms with Gasteiger partial charge in [0.25, 0.3) is 0 Å². The van der Waals surface area contributed by atoms with Crippen LogP contribution in [0.15, 0.2) is 50.5 Å². The van der Waals surface area contributed by atoms with E-state index in [4.69, 9.17) is 31.8 Å². The van der Waals surface area contributed by atoms with Crippen molar-refractivity contribution in [3.8, 4) is 22.8 Å². The Bertz CT molecular complexity index is 1570. The zero-order chi connectivity index (χ0) is 30.1. The largest absolute Gasteiger partial charge is 0.490 e. The summed E-state index contributed by atoms with van der Waals surface area (Å²) in [6, 6.07) is 5.58. The molecular weight excluding hydrogens is 587 g/mol. The van der Waals surface area contributed by atoms with E-state index in [1.54, 1.807) is 19.9 Å². The number of rotatable bonds is 4. The minimum atomic E-state index is -5.08. The van der Waals surface area contributed by atoms with E-state index in [1.165, 1.54) is 37.6 Å². The lowest BCUT2D eigenvalue weighted by atomic mass is 9.90. The number of hydrogen-bond acceptors (Lipinski definition) is 9. The average molecular weight is 609 g/mol. The number of nitrogens with zero attached hydrogens (tertiary/aromatic N) is 5. The number of carbonyl (C=O) groups is 1. The molecular formula is C23H22ClF5N6O4S. The highest BCUT2D eigenvalue weighted by molar-refractivity contribution is 7.95. The van der Waals surface area contributed by atoms with Crippen LogP contribution < -0.4 is 5.73 Å². The Hall–Kier alpha value is -3.66. The summed E-state index contributed by atoms with van der Waals surface area (Å²) in [7, 11) is -1.67. The minimum Gasteiger partial charge on any atom is -0.475 e. The van der Waals surface area contributed by atoms with Crippen LogP contribution in [0, 0.1) is 5.82 Å². The molecule has 0 amide bonds. The SMILES string of the molecule is CN=[S@]1(=O)C[C@@](CF)(c2cc(-c3cc(-c4ncc(Cl)cn4)no3)ccc2F)N=C(N)C1(C)C.O=C(O)C(F)(F)F. The molecule has 2 aromatic heterocycles. The van der Waals surface area contributed by atoms with Crippen molar-refractivity contribution in [3.63, 3.8) is 0 Å². The summed E-state index contributed by atoms with van der Waals surface area (Å²) in [5.41, 5.74) is 4.95. The topological polar surface area (TPSA) is 157 Å². The molecule has 1 aliphatic heterocycles. The van der Waals surface area contributed by atoms with E-state index in [1.807, 2.05) is 0 Å². The number of aromatic nitrogens is 3. The molecule has 3 heterocycles. The molecule has 10 nitrogen and oxygen atoms in total. The molecule has 1 aliphatic rings. The highest BCUT2D eigenvalue weighted by Gasteiger charge is 2.50. The lowest BCUT2D eigenvalue weighted by Crippen LogP contribution is -2.56. The fourth-order valence-electron chi connectivity index (χ4n) is 3.63. The van der Waals surface area contributed by atoms with Crippen LogP contribution in [0.2, 0.25) is 5.02 Å². The Morgan fingerprint density at radius 1 is 1.25 bits per heavy atom. The number of aliphatic carboxylic acids is 1. The molecule has 3 aromatic rings. The van der Waals surface area contributed by atoms with Gasteiger partial charge in [-0.1, -0.05) is 16.8 Å². The minimum absolute atomic E-state index is 0.0476. The maximum atomic E-state index is 15.0. The Labute approximate surface area is 229 Å². The van der Waals surface area contributed by atoms with Crippen LogP contribution in [0.5, 0.6) is 0 Å². The van der Waals surface area contributed by atoms with Gasteiger partial charge in [-0.05, 0) is 32.0 Å². The first-order valence-electron chi connectivity index (χ1n) is 11.1. The monoisotopic (exact) mass is 608 g/mol. The smallest absolute Gasteiger partial charge is 0.475 e. The number of nitrogens with two attached hydrogens (primary N) is 1. The second kappa shape index (κ2) is 11.1. The van der Waals surface area contributed by atoms with E-state index in [0.29, 0.717) is 16.3 Å². The second-order valence-electron chi connectivity index (χ2n) is 8.94. The van der Waals surface area contributed by atoms with Crippen molar-refractivity contribution in [2.75, 3.05) is 19.5 Å². The van der Waals surface area contributed by atoms with Crippen molar-refractivity contribution in [2.24, 2.45) is 15.1 Å². The Morgan fingerprint density at radius 3 is 2.38 bits per heavy atom. The Morgan fingerprint density at radius 2 is 1.85 bits per heavy atom. The molecule has 0 bridgehead atoms. The molecule has 0 radical (unpaired) electrons. The van der Waals surface area contributed by atoms with Crippen LogP contribution in [0.1, 0.15) is 19.4 Å². The van der Waals surface area contributed by atoms with E-state index in [0.717, 1.165) is 0 Å². The molecule has 3 N–H and O–H groups in total. The molecule has 4 rings (SSSR count). The highest BCUT2D eigenvalue weighted by atomic mass is 35.5. The van der Waals surface area contributed by atoms with Gasteiger partial charge in [0, 0.05) is 36.6 Å². The normalized spacial score (nSPS) is 22.1. The number of benzene rings is 1. The molecule has 40 heavy (non-hydrogen) atoms. The maximum absolute atomic E-state index is 15.0. The van der Waals surface area contributed by atoms with Crippen molar-refractivity contribution in [1.82, 2.24) is 15.1 Å². The summed E-state index contributed by atoms with van der Waals surface area (Å²) in [5, 5.41) is 11.4. The van der Waals surface area contributed by atoms with Crippen LogP contribution >= 0.6 is 11.6 Å². The van der Waals surface area contributed by atoms with Crippen molar-refractivity contribution >= 4 is 33.1 Å². The van der Waals surface area contributed by atoms with Gasteiger partial charge in [-0.2, -0.15) is 13.2 Å². The van der Waals surface area contributed by atoms with Gasteiger partial charge in [-0.15, -0.1) is 0 Å². The van der Waals surface area contributed by atoms with E-state index < -0.39 is 44.7 Å². The zero-order valence-electron chi connectivity index (χ0n) is 21.0. The fourth-order valence-corrected chi connectivity index (χ4v) is 5.99. The molecule has 0 unspecified atom stereocenters. The lowest BCUT2D eigenvalue weighted by Gasteiger charge is -2.41. The molecule has 0 spiro atoms. The van der Waals surface area contributed by atoms with Crippen LogP contribution in [0.4, 0.5) is 22.0 Å². The van der Waals surface area contributed by atoms with Gasteiger partial charge >= 0.3 is 12.1 Å². The predicted octanol–water partition coefficient (Wildman–Crippen LogP) is 4.64. The van der Waals surface area contributed by atoms with E-state index in [9.17, 15) is 21.8 Å². The average Bonchev–Trinajstić information content (AvgIpc) is 3.38. The number of hydrogen-bond donors (Lipinski definition) is 2. The summed E-state index contributed by atoms with van der Waals surface area (Å²) >= 11 is 5.81. The van der Waals surface area contributed by atoms with Gasteiger partial charge in [0.1, 0.15) is 28.6 Å². The first kappa shape index (κ1) is 30.9. The molecule has 0 saturated carbocycles. The predicted molar refractivity (Wildman–Crippen MR) is 136 cm³/mol. The van der Waals surface area contributed by atoms with Gasteiger partial charge in [-0.3, -0.25) is 4.99 Å². The van der Waals surface area contributed by atoms with Crippen LogP contribution in [-0.2, 0) is 20.1 Å². The van der Waals surface area contributed by atoms with Crippen molar-refractivity contribution in [3.05, 3.63) is 53.1 Å². The molecule has 2 atom stereocenters. The molecule has 216 valence electrons. The standard InChI is InChI=1S/C21H21ClF2N6O2S.C2HF3O2/c1-20(2)19(25)29-21(10-23,11-33(20,31)26-3)14-6-12(4-5-15(14)24)17-7-16(30-32-17)18-27-8-13(22)9-28-18;3-2(4,5)1(6)7/h4-9H,10-11H2,1-3H3,(H2,25,29);(H,6,7)/t21-,33-;/m0./s1. The van der Waals surface area contributed by atoms with Crippen molar-refractivity contribution in [2.45, 2.75) is 30.3 Å².